The SMILES string of the molecule is Cc1cc(-c2cccc(C(C)(C)C)c2)c2c(c1)sc1ccccc12. The van der Waals surface area contributed by atoms with Crippen molar-refractivity contribution in [1.29, 1.82) is 0 Å². The first kappa shape index (κ1) is 15.4. The number of thiophene rings is 1. The fraction of sp³-hybridized carbons (Fsp3) is 0.217. The van der Waals surface area contributed by atoms with Gasteiger partial charge in [-0.05, 0) is 46.7 Å². The Morgan fingerprint density at radius 1 is 0.792 bits per heavy atom. The van der Waals surface area contributed by atoms with Crippen molar-refractivity contribution in [2.45, 2.75) is 33.1 Å². The zero-order valence-electron chi connectivity index (χ0n) is 14.7. The predicted molar refractivity (Wildman–Crippen MR) is 108 cm³/mol. The summed E-state index contributed by atoms with van der Waals surface area (Å²) < 4.78 is 2.75. The summed E-state index contributed by atoms with van der Waals surface area (Å²) in [4.78, 5) is 0. The molecule has 0 nitrogen and oxygen atoms in total. The van der Waals surface area contributed by atoms with Gasteiger partial charge < -0.3 is 0 Å². The highest BCUT2D eigenvalue weighted by Crippen LogP contribution is 2.41. The molecule has 0 atom stereocenters. The maximum atomic E-state index is 2.36. The lowest BCUT2D eigenvalue weighted by Gasteiger charge is -2.20. The molecule has 4 rings (SSSR count). The Morgan fingerprint density at radius 3 is 2.38 bits per heavy atom. The van der Waals surface area contributed by atoms with Gasteiger partial charge in [-0.3, -0.25) is 0 Å². The third-order valence-corrected chi connectivity index (χ3v) is 5.78. The Morgan fingerprint density at radius 2 is 1.58 bits per heavy atom. The normalized spacial score (nSPS) is 12.2. The Kier molecular flexibility index (Phi) is 3.51. The molecule has 1 heterocycles. The van der Waals surface area contributed by atoms with Gasteiger partial charge in [0, 0.05) is 20.2 Å². The summed E-state index contributed by atoms with van der Waals surface area (Å²) in [5.74, 6) is 0. The minimum atomic E-state index is 0.162. The molecular formula is C23H22S. The second-order valence-electron chi connectivity index (χ2n) is 7.61. The van der Waals surface area contributed by atoms with E-state index in [9.17, 15) is 0 Å². The van der Waals surface area contributed by atoms with Crippen LogP contribution in [0.15, 0.2) is 60.7 Å². The first-order chi connectivity index (χ1) is 11.4. The Balaban J connectivity index is 2.06. The second kappa shape index (κ2) is 5.46. The van der Waals surface area contributed by atoms with Gasteiger partial charge in [0.2, 0.25) is 0 Å². The average Bonchev–Trinajstić information content (AvgIpc) is 2.91. The van der Waals surface area contributed by atoms with Gasteiger partial charge in [-0.2, -0.15) is 0 Å². The number of hydrogen-bond donors (Lipinski definition) is 0. The van der Waals surface area contributed by atoms with Crippen molar-refractivity contribution in [3.63, 3.8) is 0 Å². The van der Waals surface area contributed by atoms with Crippen LogP contribution in [0.3, 0.4) is 0 Å². The molecule has 0 bridgehead atoms. The third kappa shape index (κ3) is 2.53. The van der Waals surface area contributed by atoms with Crippen molar-refractivity contribution in [3.05, 3.63) is 71.8 Å². The number of benzene rings is 3. The van der Waals surface area contributed by atoms with Gasteiger partial charge >= 0.3 is 0 Å². The molecular weight excluding hydrogens is 308 g/mol. The number of fused-ring (bicyclic) bond motifs is 3. The van der Waals surface area contributed by atoms with Crippen LogP contribution in [-0.2, 0) is 5.41 Å². The van der Waals surface area contributed by atoms with Gasteiger partial charge in [-0.1, -0.05) is 69.3 Å². The largest absolute Gasteiger partial charge is 0.135 e. The molecule has 0 aliphatic carbocycles. The molecule has 0 amide bonds. The van der Waals surface area contributed by atoms with Crippen LogP contribution >= 0.6 is 11.3 Å². The molecule has 0 spiro atoms. The summed E-state index contributed by atoms with van der Waals surface area (Å²) in [6, 6.07) is 22.4. The summed E-state index contributed by atoms with van der Waals surface area (Å²) in [6.45, 7) is 9.02. The molecule has 0 aliphatic rings. The third-order valence-electron chi connectivity index (χ3n) is 4.66. The lowest BCUT2D eigenvalue weighted by molar-refractivity contribution is 0.590. The van der Waals surface area contributed by atoms with Crippen LogP contribution in [0, 0.1) is 6.92 Å². The van der Waals surface area contributed by atoms with E-state index in [2.05, 4.69) is 88.4 Å². The predicted octanol–water partition coefficient (Wildman–Crippen LogP) is 7.33. The maximum Gasteiger partial charge on any atom is 0.0364 e. The van der Waals surface area contributed by atoms with Crippen molar-refractivity contribution in [1.82, 2.24) is 0 Å². The van der Waals surface area contributed by atoms with E-state index >= 15 is 0 Å². The Labute approximate surface area is 147 Å². The second-order valence-corrected chi connectivity index (χ2v) is 8.70. The highest BCUT2D eigenvalue weighted by molar-refractivity contribution is 7.25. The van der Waals surface area contributed by atoms with Gasteiger partial charge in [0.25, 0.3) is 0 Å². The van der Waals surface area contributed by atoms with E-state index < -0.39 is 0 Å². The van der Waals surface area contributed by atoms with Crippen LogP contribution < -0.4 is 0 Å². The topological polar surface area (TPSA) is 0 Å². The minimum absolute atomic E-state index is 0.162. The van der Waals surface area contributed by atoms with E-state index in [1.54, 1.807) is 0 Å². The molecule has 0 radical (unpaired) electrons. The van der Waals surface area contributed by atoms with Crippen LogP contribution in [-0.4, -0.2) is 0 Å². The highest BCUT2D eigenvalue weighted by Gasteiger charge is 2.16. The summed E-state index contributed by atoms with van der Waals surface area (Å²) in [5, 5.41) is 2.76. The zero-order chi connectivity index (χ0) is 16.9. The van der Waals surface area contributed by atoms with E-state index in [1.165, 1.54) is 42.4 Å². The summed E-state index contributed by atoms with van der Waals surface area (Å²) in [7, 11) is 0. The fourth-order valence-corrected chi connectivity index (χ4v) is 4.60. The van der Waals surface area contributed by atoms with Gasteiger partial charge in [-0.15, -0.1) is 11.3 Å². The van der Waals surface area contributed by atoms with Crippen LogP contribution in [0.25, 0.3) is 31.3 Å². The molecule has 0 unspecified atom stereocenters. The molecule has 0 fully saturated rings. The standard InChI is InChI=1S/C23H22S/c1-15-12-19(16-8-7-9-17(14-16)23(2,3)4)22-18-10-5-6-11-20(18)24-21(22)13-15/h5-14H,1-4H3. The van der Waals surface area contributed by atoms with Crippen molar-refractivity contribution in [3.8, 4) is 11.1 Å². The van der Waals surface area contributed by atoms with Crippen LogP contribution in [0.4, 0.5) is 0 Å². The first-order valence-electron chi connectivity index (χ1n) is 8.46. The molecule has 0 aliphatic heterocycles. The van der Waals surface area contributed by atoms with E-state index in [-0.39, 0.29) is 5.41 Å². The lowest BCUT2D eigenvalue weighted by Crippen LogP contribution is -2.10. The minimum Gasteiger partial charge on any atom is -0.135 e. The smallest absolute Gasteiger partial charge is 0.0364 e. The van der Waals surface area contributed by atoms with Gasteiger partial charge in [0.05, 0.1) is 0 Å². The van der Waals surface area contributed by atoms with Crippen molar-refractivity contribution in [2.24, 2.45) is 0 Å². The molecule has 0 saturated heterocycles. The summed E-state index contributed by atoms with van der Waals surface area (Å²) in [5.41, 5.74) is 5.54. The summed E-state index contributed by atoms with van der Waals surface area (Å²) >= 11 is 1.89. The highest BCUT2D eigenvalue weighted by atomic mass is 32.1. The molecule has 0 saturated carbocycles. The lowest BCUT2D eigenvalue weighted by atomic mass is 9.85. The molecule has 1 aromatic heterocycles. The number of aryl methyl sites for hydroxylation is 1. The molecule has 24 heavy (non-hydrogen) atoms. The van der Waals surface area contributed by atoms with Gasteiger partial charge in [0.1, 0.15) is 0 Å². The van der Waals surface area contributed by atoms with Crippen LogP contribution in [0.5, 0.6) is 0 Å². The van der Waals surface area contributed by atoms with E-state index in [0.29, 0.717) is 0 Å². The molecule has 3 aromatic carbocycles. The number of hydrogen-bond acceptors (Lipinski definition) is 1. The quantitative estimate of drug-likeness (QED) is 0.343. The summed E-state index contributed by atoms with van der Waals surface area (Å²) in [6.07, 6.45) is 0. The fourth-order valence-electron chi connectivity index (χ4n) is 3.37. The van der Waals surface area contributed by atoms with Gasteiger partial charge in [0.15, 0.2) is 0 Å². The Bertz CT molecular complexity index is 1040. The Hall–Kier alpha value is -2.12. The average molecular weight is 330 g/mol. The first-order valence-corrected chi connectivity index (χ1v) is 9.28. The van der Waals surface area contributed by atoms with Gasteiger partial charge in [-0.25, -0.2) is 0 Å². The van der Waals surface area contributed by atoms with Crippen molar-refractivity contribution >= 4 is 31.5 Å². The van der Waals surface area contributed by atoms with Crippen molar-refractivity contribution in [2.75, 3.05) is 0 Å². The van der Waals surface area contributed by atoms with Crippen LogP contribution in [0.1, 0.15) is 31.9 Å². The van der Waals surface area contributed by atoms with Crippen molar-refractivity contribution < 1.29 is 0 Å². The molecule has 4 aromatic rings. The van der Waals surface area contributed by atoms with E-state index in [1.807, 2.05) is 11.3 Å². The van der Waals surface area contributed by atoms with E-state index in [4.69, 9.17) is 0 Å². The molecule has 1 heteroatoms. The zero-order valence-corrected chi connectivity index (χ0v) is 15.5. The maximum absolute atomic E-state index is 2.36. The number of rotatable bonds is 1. The van der Waals surface area contributed by atoms with Crippen LogP contribution in [0.2, 0.25) is 0 Å². The molecule has 120 valence electrons. The van der Waals surface area contributed by atoms with E-state index in [0.717, 1.165) is 0 Å². The monoisotopic (exact) mass is 330 g/mol. The molecule has 0 N–H and O–H groups in total.